The second-order valence-electron chi connectivity index (χ2n) is 3.83. The van der Waals surface area contributed by atoms with Crippen molar-refractivity contribution in [1.29, 1.82) is 0 Å². The van der Waals surface area contributed by atoms with E-state index >= 15 is 0 Å². The fraction of sp³-hybridized carbons (Fsp3) is 0.0769. The highest BCUT2D eigenvalue weighted by Crippen LogP contribution is 2.31. The van der Waals surface area contributed by atoms with Gasteiger partial charge in [-0.1, -0.05) is 23.7 Å². The molecule has 100 valence electrons. The summed E-state index contributed by atoms with van der Waals surface area (Å²) in [7, 11) is 0. The van der Waals surface area contributed by atoms with Gasteiger partial charge in [0, 0.05) is 17.2 Å². The second kappa shape index (κ2) is 5.19. The highest BCUT2D eigenvalue weighted by atomic mass is 35.5. The number of rotatable bonds is 2. The fourth-order valence-electron chi connectivity index (χ4n) is 1.65. The molecule has 1 nitrogen and oxygen atoms in total. The van der Waals surface area contributed by atoms with E-state index in [0.29, 0.717) is 12.1 Å². The standard InChI is InChI=1S/C13H7ClF4O/c14-12-6(2-1-3-8(12)15)13(19)7-4-10(17)11(18)5-9(7)16/h1-5,13,19H. The Hall–Kier alpha value is -1.59. The van der Waals surface area contributed by atoms with Crippen LogP contribution in [0.25, 0.3) is 0 Å². The number of hydrogen-bond donors (Lipinski definition) is 1. The summed E-state index contributed by atoms with van der Waals surface area (Å²) >= 11 is 5.64. The quantitative estimate of drug-likeness (QED) is 0.655. The molecule has 6 heteroatoms. The SMILES string of the molecule is OC(c1cc(F)c(F)cc1F)c1cccc(F)c1Cl. The molecule has 0 aliphatic carbocycles. The molecule has 2 aromatic rings. The molecule has 0 saturated heterocycles. The van der Waals surface area contributed by atoms with Crippen LogP contribution in [-0.2, 0) is 0 Å². The van der Waals surface area contributed by atoms with Crippen molar-refractivity contribution >= 4 is 11.6 Å². The van der Waals surface area contributed by atoms with Gasteiger partial charge < -0.3 is 5.11 Å². The van der Waals surface area contributed by atoms with Gasteiger partial charge in [0.05, 0.1) is 5.02 Å². The first kappa shape index (κ1) is 13.8. The van der Waals surface area contributed by atoms with Gasteiger partial charge in [-0.2, -0.15) is 0 Å². The predicted octanol–water partition coefficient (Wildman–Crippen LogP) is 3.98. The Morgan fingerprint density at radius 2 is 1.47 bits per heavy atom. The van der Waals surface area contributed by atoms with Gasteiger partial charge in [-0.3, -0.25) is 0 Å². The highest BCUT2D eigenvalue weighted by Gasteiger charge is 2.21. The van der Waals surface area contributed by atoms with E-state index in [1.807, 2.05) is 0 Å². The van der Waals surface area contributed by atoms with Crippen LogP contribution in [-0.4, -0.2) is 5.11 Å². The summed E-state index contributed by atoms with van der Waals surface area (Å²) in [5.41, 5.74) is -0.655. The Labute approximate surface area is 111 Å². The van der Waals surface area contributed by atoms with Crippen LogP contribution in [0.15, 0.2) is 30.3 Å². The molecule has 2 rings (SSSR count). The monoisotopic (exact) mass is 290 g/mol. The molecular formula is C13H7ClF4O. The van der Waals surface area contributed by atoms with Gasteiger partial charge in [-0.15, -0.1) is 0 Å². The molecule has 1 N–H and O–H groups in total. The lowest BCUT2D eigenvalue weighted by Gasteiger charge is -2.14. The van der Waals surface area contributed by atoms with Crippen LogP contribution in [0.5, 0.6) is 0 Å². The average molecular weight is 291 g/mol. The first-order valence-corrected chi connectivity index (χ1v) is 5.56. The summed E-state index contributed by atoms with van der Waals surface area (Å²) in [6.45, 7) is 0. The van der Waals surface area contributed by atoms with Crippen LogP contribution in [0.1, 0.15) is 17.2 Å². The van der Waals surface area contributed by atoms with E-state index in [0.717, 1.165) is 6.07 Å². The first-order valence-electron chi connectivity index (χ1n) is 5.18. The number of aliphatic hydroxyl groups excluding tert-OH is 1. The minimum Gasteiger partial charge on any atom is -0.383 e. The van der Waals surface area contributed by atoms with E-state index in [2.05, 4.69) is 0 Å². The van der Waals surface area contributed by atoms with Crippen LogP contribution in [0.4, 0.5) is 17.6 Å². The van der Waals surface area contributed by atoms with E-state index in [9.17, 15) is 22.7 Å². The van der Waals surface area contributed by atoms with E-state index in [-0.39, 0.29) is 5.56 Å². The zero-order valence-corrected chi connectivity index (χ0v) is 10.1. The molecule has 0 aromatic heterocycles. The van der Waals surface area contributed by atoms with Crippen LogP contribution in [0, 0.1) is 23.3 Å². The number of aliphatic hydroxyl groups is 1. The van der Waals surface area contributed by atoms with Crippen molar-refractivity contribution < 1.29 is 22.7 Å². The maximum atomic E-state index is 13.5. The molecule has 0 radical (unpaired) electrons. The lowest BCUT2D eigenvalue weighted by molar-refractivity contribution is 0.213. The third-order valence-electron chi connectivity index (χ3n) is 2.61. The second-order valence-corrected chi connectivity index (χ2v) is 4.21. The van der Waals surface area contributed by atoms with E-state index in [1.165, 1.54) is 12.1 Å². The molecule has 0 aliphatic heterocycles. The summed E-state index contributed by atoms with van der Waals surface area (Å²) in [5.74, 6) is -4.64. The van der Waals surface area contributed by atoms with Crippen LogP contribution >= 0.6 is 11.6 Å². The van der Waals surface area contributed by atoms with Crippen molar-refractivity contribution in [1.82, 2.24) is 0 Å². The van der Waals surface area contributed by atoms with Gasteiger partial charge in [0.15, 0.2) is 11.6 Å². The van der Waals surface area contributed by atoms with Crippen molar-refractivity contribution in [2.24, 2.45) is 0 Å². The summed E-state index contributed by atoms with van der Waals surface area (Å²) in [6.07, 6.45) is -1.70. The molecule has 0 bridgehead atoms. The zero-order chi connectivity index (χ0) is 14.2. The Bertz CT molecular complexity index is 630. The zero-order valence-electron chi connectivity index (χ0n) is 9.30. The van der Waals surface area contributed by atoms with Crippen LogP contribution in [0.2, 0.25) is 5.02 Å². The van der Waals surface area contributed by atoms with Crippen LogP contribution in [0.3, 0.4) is 0 Å². The third-order valence-corrected chi connectivity index (χ3v) is 3.01. The van der Waals surface area contributed by atoms with Crippen molar-refractivity contribution in [2.45, 2.75) is 6.10 Å². The molecule has 19 heavy (non-hydrogen) atoms. The van der Waals surface area contributed by atoms with Crippen molar-refractivity contribution in [3.63, 3.8) is 0 Å². The molecule has 1 unspecified atom stereocenters. The maximum absolute atomic E-state index is 13.5. The highest BCUT2D eigenvalue weighted by molar-refractivity contribution is 6.31. The topological polar surface area (TPSA) is 20.2 Å². The Morgan fingerprint density at radius 3 is 2.16 bits per heavy atom. The molecule has 1 atom stereocenters. The van der Waals surface area contributed by atoms with Gasteiger partial charge in [-0.05, 0) is 12.1 Å². The average Bonchev–Trinajstić information content (AvgIpc) is 2.36. The largest absolute Gasteiger partial charge is 0.383 e. The van der Waals surface area contributed by atoms with E-state index in [1.54, 1.807) is 0 Å². The molecule has 2 aromatic carbocycles. The lowest BCUT2D eigenvalue weighted by Crippen LogP contribution is -2.06. The van der Waals surface area contributed by atoms with Crippen molar-refractivity contribution in [2.75, 3.05) is 0 Å². The summed E-state index contributed by atoms with van der Waals surface area (Å²) in [5, 5.41) is 9.51. The minimum atomic E-state index is -1.70. The molecule has 0 amide bonds. The van der Waals surface area contributed by atoms with Gasteiger partial charge >= 0.3 is 0 Å². The number of halogens is 5. The van der Waals surface area contributed by atoms with Crippen molar-refractivity contribution in [3.05, 3.63) is 69.8 Å². The summed E-state index contributed by atoms with van der Waals surface area (Å²) in [6, 6.07) is 4.39. The lowest BCUT2D eigenvalue weighted by atomic mass is 10.0. The van der Waals surface area contributed by atoms with Crippen LogP contribution < -0.4 is 0 Å². The fourth-order valence-corrected chi connectivity index (χ4v) is 1.88. The molecule has 0 aliphatic rings. The van der Waals surface area contributed by atoms with E-state index in [4.69, 9.17) is 11.6 Å². The third kappa shape index (κ3) is 2.57. The Kier molecular flexibility index (Phi) is 3.78. The Morgan fingerprint density at radius 1 is 0.842 bits per heavy atom. The van der Waals surface area contributed by atoms with Crippen molar-refractivity contribution in [3.8, 4) is 0 Å². The van der Waals surface area contributed by atoms with Gasteiger partial charge in [-0.25, -0.2) is 17.6 Å². The molecular weight excluding hydrogens is 284 g/mol. The number of hydrogen-bond acceptors (Lipinski definition) is 1. The normalized spacial score (nSPS) is 12.5. The predicted molar refractivity (Wildman–Crippen MR) is 61.8 cm³/mol. The van der Waals surface area contributed by atoms with Gasteiger partial charge in [0.2, 0.25) is 0 Å². The summed E-state index contributed by atoms with van der Waals surface area (Å²) < 4.78 is 52.6. The Balaban J connectivity index is 2.53. The molecule has 0 spiro atoms. The molecule has 0 heterocycles. The number of benzene rings is 2. The maximum Gasteiger partial charge on any atom is 0.161 e. The van der Waals surface area contributed by atoms with E-state index < -0.39 is 40.0 Å². The smallest absolute Gasteiger partial charge is 0.161 e. The first-order chi connectivity index (χ1) is 8.91. The minimum absolute atomic E-state index is 0.133. The van der Waals surface area contributed by atoms with Gasteiger partial charge in [0.25, 0.3) is 0 Å². The van der Waals surface area contributed by atoms with Gasteiger partial charge in [0.1, 0.15) is 17.7 Å². The molecule has 0 fully saturated rings. The molecule has 0 saturated carbocycles. The summed E-state index contributed by atoms with van der Waals surface area (Å²) in [4.78, 5) is 0.